The van der Waals surface area contributed by atoms with Crippen LogP contribution in [0.15, 0.2) is 24.3 Å². The predicted octanol–water partition coefficient (Wildman–Crippen LogP) is 2.48. The molecule has 0 spiro atoms. The van der Waals surface area contributed by atoms with Crippen molar-refractivity contribution < 1.29 is 9.84 Å². The van der Waals surface area contributed by atoms with Gasteiger partial charge in [0, 0.05) is 19.2 Å². The van der Waals surface area contributed by atoms with Gasteiger partial charge in [0.15, 0.2) is 0 Å². The maximum Gasteiger partial charge on any atom is 0.119 e. The minimum atomic E-state index is 0.280. The zero-order valence-corrected chi connectivity index (χ0v) is 10.9. The summed E-state index contributed by atoms with van der Waals surface area (Å²) in [6, 6.07) is 9.04. The van der Waals surface area contributed by atoms with E-state index >= 15 is 0 Å². The van der Waals surface area contributed by atoms with Crippen molar-refractivity contribution in [2.45, 2.75) is 44.7 Å². The van der Waals surface area contributed by atoms with Gasteiger partial charge < -0.3 is 15.2 Å². The Morgan fingerprint density at radius 2 is 2.11 bits per heavy atom. The second kappa shape index (κ2) is 7.39. The molecule has 0 aromatic heterocycles. The Kier molecular flexibility index (Phi) is 5.49. The molecule has 1 aromatic rings. The van der Waals surface area contributed by atoms with Crippen LogP contribution in [0.1, 0.15) is 37.7 Å². The van der Waals surface area contributed by atoms with Crippen LogP contribution in [0.5, 0.6) is 5.75 Å². The average Bonchev–Trinajstić information content (AvgIpc) is 3.21. The summed E-state index contributed by atoms with van der Waals surface area (Å²) in [6.45, 7) is 1.95. The van der Waals surface area contributed by atoms with Gasteiger partial charge in [-0.15, -0.1) is 0 Å². The van der Waals surface area contributed by atoms with Crippen LogP contribution >= 0.6 is 0 Å². The minimum Gasteiger partial charge on any atom is -0.494 e. The Morgan fingerprint density at radius 3 is 2.89 bits per heavy atom. The topological polar surface area (TPSA) is 41.5 Å². The van der Waals surface area contributed by atoms with Crippen molar-refractivity contribution in [3.63, 3.8) is 0 Å². The van der Waals surface area contributed by atoms with Gasteiger partial charge in [0.2, 0.25) is 0 Å². The Bertz CT molecular complexity index is 350. The van der Waals surface area contributed by atoms with Crippen LogP contribution in [0.3, 0.4) is 0 Å². The van der Waals surface area contributed by atoms with Crippen LogP contribution in [0.25, 0.3) is 0 Å². The zero-order valence-electron chi connectivity index (χ0n) is 10.9. The van der Waals surface area contributed by atoms with Gasteiger partial charge in [-0.2, -0.15) is 0 Å². The summed E-state index contributed by atoms with van der Waals surface area (Å²) in [6.07, 6.45) is 5.54. The zero-order chi connectivity index (χ0) is 12.6. The lowest BCUT2D eigenvalue weighted by Gasteiger charge is -2.08. The molecule has 0 aliphatic heterocycles. The van der Waals surface area contributed by atoms with E-state index in [0.29, 0.717) is 0 Å². The summed E-state index contributed by atoms with van der Waals surface area (Å²) in [5.74, 6) is 0.953. The Labute approximate surface area is 109 Å². The van der Waals surface area contributed by atoms with Crippen molar-refractivity contribution in [2.75, 3.05) is 13.2 Å². The second-order valence-corrected chi connectivity index (χ2v) is 4.94. The standard InChI is InChI=1S/C15H23NO2/c17-9-2-1-3-10-18-15-6-4-5-13(11-15)12-16-14-7-8-14/h4-6,11,14,16-17H,1-3,7-10,12H2. The van der Waals surface area contributed by atoms with E-state index in [4.69, 9.17) is 9.84 Å². The number of aliphatic hydroxyl groups excluding tert-OH is 1. The minimum absolute atomic E-state index is 0.280. The second-order valence-electron chi connectivity index (χ2n) is 4.94. The molecule has 3 heteroatoms. The summed E-state index contributed by atoms with van der Waals surface area (Å²) < 4.78 is 5.71. The lowest BCUT2D eigenvalue weighted by Crippen LogP contribution is -2.15. The molecule has 2 N–H and O–H groups in total. The van der Waals surface area contributed by atoms with E-state index in [1.54, 1.807) is 0 Å². The van der Waals surface area contributed by atoms with Crippen LogP contribution < -0.4 is 10.1 Å². The van der Waals surface area contributed by atoms with Crippen molar-refractivity contribution in [3.05, 3.63) is 29.8 Å². The fraction of sp³-hybridized carbons (Fsp3) is 0.600. The monoisotopic (exact) mass is 249 g/mol. The Morgan fingerprint density at radius 1 is 1.22 bits per heavy atom. The molecule has 18 heavy (non-hydrogen) atoms. The number of ether oxygens (including phenoxy) is 1. The highest BCUT2D eigenvalue weighted by Crippen LogP contribution is 2.20. The molecular weight excluding hydrogens is 226 g/mol. The molecule has 1 aliphatic rings. The molecule has 2 rings (SSSR count). The first kappa shape index (κ1) is 13.4. The molecule has 100 valence electrons. The van der Waals surface area contributed by atoms with Gasteiger partial charge >= 0.3 is 0 Å². The molecule has 1 aromatic carbocycles. The van der Waals surface area contributed by atoms with E-state index in [1.807, 2.05) is 12.1 Å². The molecule has 1 saturated carbocycles. The van der Waals surface area contributed by atoms with Gasteiger partial charge in [-0.05, 0) is 49.8 Å². The van der Waals surface area contributed by atoms with E-state index < -0.39 is 0 Å². The van der Waals surface area contributed by atoms with Crippen LogP contribution in [-0.2, 0) is 6.54 Å². The first-order chi connectivity index (χ1) is 8.88. The number of unbranched alkanes of at least 4 members (excludes halogenated alkanes) is 2. The summed E-state index contributed by atoms with van der Waals surface area (Å²) in [5, 5.41) is 12.2. The summed E-state index contributed by atoms with van der Waals surface area (Å²) >= 11 is 0. The normalized spacial score (nSPS) is 14.7. The third-order valence-corrected chi connectivity index (χ3v) is 3.14. The van der Waals surface area contributed by atoms with Gasteiger partial charge in [0.1, 0.15) is 5.75 Å². The molecule has 0 heterocycles. The van der Waals surface area contributed by atoms with Gasteiger partial charge in [-0.3, -0.25) is 0 Å². The van der Waals surface area contributed by atoms with Gasteiger partial charge in [0.25, 0.3) is 0 Å². The lowest BCUT2D eigenvalue weighted by molar-refractivity contribution is 0.266. The van der Waals surface area contributed by atoms with Gasteiger partial charge in [-0.25, -0.2) is 0 Å². The number of benzene rings is 1. The van der Waals surface area contributed by atoms with Crippen LogP contribution in [0.2, 0.25) is 0 Å². The summed E-state index contributed by atoms with van der Waals surface area (Å²) in [7, 11) is 0. The highest BCUT2D eigenvalue weighted by atomic mass is 16.5. The highest BCUT2D eigenvalue weighted by Gasteiger charge is 2.19. The summed E-state index contributed by atoms with van der Waals surface area (Å²) in [4.78, 5) is 0. The van der Waals surface area contributed by atoms with E-state index in [0.717, 1.165) is 44.2 Å². The van der Waals surface area contributed by atoms with Crippen LogP contribution in [0.4, 0.5) is 0 Å². The highest BCUT2D eigenvalue weighted by molar-refractivity contribution is 5.28. The van der Waals surface area contributed by atoms with E-state index in [-0.39, 0.29) is 6.61 Å². The van der Waals surface area contributed by atoms with Crippen molar-refractivity contribution in [1.29, 1.82) is 0 Å². The van der Waals surface area contributed by atoms with Crippen molar-refractivity contribution in [3.8, 4) is 5.75 Å². The molecule has 0 saturated heterocycles. The molecule has 0 unspecified atom stereocenters. The molecule has 0 bridgehead atoms. The lowest BCUT2D eigenvalue weighted by atomic mass is 10.2. The molecule has 1 fully saturated rings. The van der Waals surface area contributed by atoms with Gasteiger partial charge in [0.05, 0.1) is 6.61 Å². The molecule has 0 atom stereocenters. The first-order valence-corrected chi connectivity index (χ1v) is 6.94. The fourth-order valence-electron chi connectivity index (χ4n) is 1.88. The Hall–Kier alpha value is -1.06. The SMILES string of the molecule is OCCCCCOc1cccc(CNC2CC2)c1. The molecule has 1 aliphatic carbocycles. The van der Waals surface area contributed by atoms with Gasteiger partial charge in [-0.1, -0.05) is 12.1 Å². The van der Waals surface area contributed by atoms with Crippen molar-refractivity contribution >= 4 is 0 Å². The smallest absolute Gasteiger partial charge is 0.119 e. The van der Waals surface area contributed by atoms with Crippen molar-refractivity contribution in [2.24, 2.45) is 0 Å². The quantitative estimate of drug-likeness (QED) is 0.661. The third-order valence-electron chi connectivity index (χ3n) is 3.14. The van der Waals surface area contributed by atoms with Crippen molar-refractivity contribution in [1.82, 2.24) is 5.32 Å². The van der Waals surface area contributed by atoms with E-state index in [1.165, 1.54) is 18.4 Å². The maximum absolute atomic E-state index is 8.68. The molecule has 3 nitrogen and oxygen atoms in total. The first-order valence-electron chi connectivity index (χ1n) is 6.94. The molecule has 0 amide bonds. The Balaban J connectivity index is 1.68. The van der Waals surface area contributed by atoms with E-state index in [2.05, 4.69) is 17.4 Å². The number of rotatable bonds is 9. The number of hydrogen-bond acceptors (Lipinski definition) is 3. The van der Waals surface area contributed by atoms with Crippen LogP contribution in [-0.4, -0.2) is 24.4 Å². The maximum atomic E-state index is 8.68. The summed E-state index contributed by atoms with van der Waals surface area (Å²) in [5.41, 5.74) is 1.29. The molecule has 0 radical (unpaired) electrons. The van der Waals surface area contributed by atoms with Crippen LogP contribution in [0, 0.1) is 0 Å². The number of nitrogens with one attached hydrogen (secondary N) is 1. The fourth-order valence-corrected chi connectivity index (χ4v) is 1.88. The third kappa shape index (κ3) is 5.07. The number of hydrogen-bond donors (Lipinski definition) is 2. The largest absolute Gasteiger partial charge is 0.494 e. The van der Waals surface area contributed by atoms with E-state index in [9.17, 15) is 0 Å². The number of aliphatic hydroxyl groups is 1. The average molecular weight is 249 g/mol. The molecular formula is C15H23NO2. The predicted molar refractivity (Wildman–Crippen MR) is 72.7 cm³/mol.